The molecule has 3 heterocycles. The predicted octanol–water partition coefficient (Wildman–Crippen LogP) is 2.42. The number of rotatable bonds is 7. The van der Waals surface area contributed by atoms with E-state index in [1.165, 1.54) is 18.2 Å². The number of hydrogen-bond acceptors (Lipinski definition) is 5. The first kappa shape index (κ1) is 18.1. The van der Waals surface area contributed by atoms with Gasteiger partial charge in [0.25, 0.3) is 5.91 Å². The SMILES string of the molecule is O=C(C[NH+](Cc1ccco1)Cc1ccco1)Nc1ccc2c(c1)OC(F)(F)O2. The largest absolute Gasteiger partial charge is 0.586 e. The van der Waals surface area contributed by atoms with E-state index >= 15 is 0 Å². The van der Waals surface area contributed by atoms with Crippen LogP contribution in [0.4, 0.5) is 14.5 Å². The Morgan fingerprint density at radius 3 is 2.21 bits per heavy atom. The fraction of sp³-hybridized carbons (Fsp3) is 0.211. The molecule has 0 radical (unpaired) electrons. The van der Waals surface area contributed by atoms with Gasteiger partial charge >= 0.3 is 6.29 Å². The van der Waals surface area contributed by atoms with Crippen LogP contribution in [0.15, 0.2) is 63.8 Å². The lowest BCUT2D eigenvalue weighted by molar-refractivity contribution is -0.921. The minimum Gasteiger partial charge on any atom is -0.463 e. The van der Waals surface area contributed by atoms with Crippen molar-refractivity contribution in [2.45, 2.75) is 19.4 Å². The highest BCUT2D eigenvalue weighted by Gasteiger charge is 2.43. The first-order valence-corrected chi connectivity index (χ1v) is 8.55. The normalized spacial score (nSPS) is 14.4. The van der Waals surface area contributed by atoms with Crippen molar-refractivity contribution >= 4 is 11.6 Å². The number of halogens is 2. The molecule has 1 aliphatic rings. The number of furan rings is 2. The fourth-order valence-electron chi connectivity index (χ4n) is 2.97. The van der Waals surface area contributed by atoms with Gasteiger partial charge in [0.05, 0.1) is 12.5 Å². The third-order valence-electron chi connectivity index (χ3n) is 4.10. The lowest BCUT2D eigenvalue weighted by Crippen LogP contribution is -3.10. The molecular weight excluding hydrogens is 374 g/mol. The molecule has 0 saturated heterocycles. The second-order valence-electron chi connectivity index (χ2n) is 6.32. The van der Waals surface area contributed by atoms with Gasteiger partial charge in [0.1, 0.15) is 13.1 Å². The van der Waals surface area contributed by atoms with Crippen molar-refractivity contribution < 1.29 is 36.8 Å². The molecule has 4 rings (SSSR count). The van der Waals surface area contributed by atoms with E-state index in [1.807, 2.05) is 12.1 Å². The molecule has 0 atom stereocenters. The molecule has 0 unspecified atom stereocenters. The Kier molecular flexibility index (Phi) is 4.74. The van der Waals surface area contributed by atoms with E-state index in [-0.39, 0.29) is 24.0 Å². The minimum atomic E-state index is -3.70. The zero-order valence-electron chi connectivity index (χ0n) is 14.6. The number of hydrogen-bond donors (Lipinski definition) is 2. The van der Waals surface area contributed by atoms with Crippen LogP contribution >= 0.6 is 0 Å². The van der Waals surface area contributed by atoms with Gasteiger partial charge < -0.3 is 28.5 Å². The topological polar surface area (TPSA) is 78.3 Å². The zero-order chi connectivity index (χ0) is 19.6. The van der Waals surface area contributed by atoms with Crippen LogP contribution in [0.3, 0.4) is 0 Å². The van der Waals surface area contributed by atoms with Crippen LogP contribution in [-0.4, -0.2) is 18.7 Å². The van der Waals surface area contributed by atoms with Crippen LogP contribution < -0.4 is 19.7 Å². The summed E-state index contributed by atoms with van der Waals surface area (Å²) >= 11 is 0. The Morgan fingerprint density at radius 2 is 1.61 bits per heavy atom. The highest BCUT2D eigenvalue weighted by molar-refractivity contribution is 5.91. The van der Waals surface area contributed by atoms with Crippen molar-refractivity contribution in [3.8, 4) is 11.5 Å². The lowest BCUT2D eigenvalue weighted by Gasteiger charge is -2.17. The molecule has 146 valence electrons. The van der Waals surface area contributed by atoms with Gasteiger partial charge in [0, 0.05) is 11.8 Å². The number of quaternary nitrogens is 1. The molecule has 1 amide bonds. The van der Waals surface area contributed by atoms with Crippen molar-refractivity contribution in [2.24, 2.45) is 0 Å². The van der Waals surface area contributed by atoms with Crippen LogP contribution in [-0.2, 0) is 17.9 Å². The number of ether oxygens (including phenoxy) is 2. The van der Waals surface area contributed by atoms with E-state index in [4.69, 9.17) is 8.83 Å². The van der Waals surface area contributed by atoms with Crippen molar-refractivity contribution in [1.82, 2.24) is 0 Å². The van der Waals surface area contributed by atoms with Crippen molar-refractivity contribution in [2.75, 3.05) is 11.9 Å². The maximum absolute atomic E-state index is 13.1. The summed E-state index contributed by atoms with van der Waals surface area (Å²) in [4.78, 5) is 13.4. The van der Waals surface area contributed by atoms with Gasteiger partial charge in [-0.15, -0.1) is 8.78 Å². The number of anilines is 1. The van der Waals surface area contributed by atoms with E-state index in [0.717, 1.165) is 16.4 Å². The smallest absolute Gasteiger partial charge is 0.463 e. The van der Waals surface area contributed by atoms with Gasteiger partial charge in [-0.25, -0.2) is 0 Å². The van der Waals surface area contributed by atoms with Gasteiger partial charge in [-0.2, -0.15) is 0 Å². The summed E-state index contributed by atoms with van der Waals surface area (Å²) in [5.41, 5.74) is 0.334. The number of nitrogens with one attached hydrogen (secondary N) is 2. The first-order chi connectivity index (χ1) is 13.5. The summed E-state index contributed by atoms with van der Waals surface area (Å²) < 4.78 is 45.7. The summed E-state index contributed by atoms with van der Waals surface area (Å²) in [6.45, 7) is 1.08. The lowest BCUT2D eigenvalue weighted by atomic mass is 10.2. The summed E-state index contributed by atoms with van der Waals surface area (Å²) in [7, 11) is 0. The standard InChI is InChI=1S/C19H16F2N2O5/c20-19(21)27-16-6-5-13(9-17(16)28-19)22-18(24)12-23(10-14-3-1-7-25-14)11-15-4-2-8-26-15/h1-9H,10-12H2,(H,22,24)/p+1. The third kappa shape index (κ3) is 4.32. The van der Waals surface area contributed by atoms with Crippen molar-refractivity contribution in [3.63, 3.8) is 0 Å². The molecule has 0 fully saturated rings. The molecule has 1 aliphatic heterocycles. The van der Waals surface area contributed by atoms with E-state index in [9.17, 15) is 13.6 Å². The Bertz CT molecular complexity index is 905. The van der Waals surface area contributed by atoms with E-state index < -0.39 is 6.29 Å². The van der Waals surface area contributed by atoms with Gasteiger partial charge in [-0.1, -0.05) is 0 Å². The number of alkyl halides is 2. The van der Waals surface area contributed by atoms with E-state index in [2.05, 4.69) is 14.8 Å². The van der Waals surface area contributed by atoms with Crippen LogP contribution in [0.5, 0.6) is 11.5 Å². The summed E-state index contributed by atoms with van der Waals surface area (Å²) in [6, 6.07) is 11.3. The summed E-state index contributed by atoms with van der Waals surface area (Å²) in [5, 5.41) is 2.69. The number of amides is 1. The molecule has 2 N–H and O–H groups in total. The number of carbonyl (C=O) groups excluding carboxylic acids is 1. The molecule has 0 aliphatic carbocycles. The molecule has 7 nitrogen and oxygen atoms in total. The molecule has 28 heavy (non-hydrogen) atoms. The Labute approximate surface area is 158 Å². The van der Waals surface area contributed by atoms with Crippen LogP contribution in [0.2, 0.25) is 0 Å². The van der Waals surface area contributed by atoms with Gasteiger partial charge in [-0.3, -0.25) is 4.79 Å². The fourth-order valence-corrected chi connectivity index (χ4v) is 2.97. The molecule has 0 spiro atoms. The molecule has 0 bridgehead atoms. The highest BCUT2D eigenvalue weighted by Crippen LogP contribution is 2.42. The minimum absolute atomic E-state index is 0.0779. The average molecular weight is 391 g/mol. The predicted molar refractivity (Wildman–Crippen MR) is 91.9 cm³/mol. The van der Waals surface area contributed by atoms with Crippen LogP contribution in [0.25, 0.3) is 0 Å². The molecular formula is C19H17F2N2O5+. The summed E-state index contributed by atoms with van der Waals surface area (Å²) in [5.74, 6) is 0.974. The Hall–Kier alpha value is -3.33. The number of carbonyl (C=O) groups is 1. The maximum atomic E-state index is 13.1. The van der Waals surface area contributed by atoms with Crippen molar-refractivity contribution in [3.05, 3.63) is 66.5 Å². The molecule has 0 saturated carbocycles. The summed E-state index contributed by atoms with van der Waals surface area (Å²) in [6.07, 6.45) is -0.553. The highest BCUT2D eigenvalue weighted by atomic mass is 19.3. The van der Waals surface area contributed by atoms with E-state index in [1.54, 1.807) is 24.7 Å². The monoisotopic (exact) mass is 391 g/mol. The Balaban J connectivity index is 1.41. The van der Waals surface area contributed by atoms with Gasteiger partial charge in [-0.05, 0) is 36.4 Å². The quantitative estimate of drug-likeness (QED) is 0.647. The zero-order valence-corrected chi connectivity index (χ0v) is 14.6. The molecule has 1 aromatic carbocycles. The average Bonchev–Trinajstić information content (AvgIpc) is 3.35. The van der Waals surface area contributed by atoms with Crippen LogP contribution in [0.1, 0.15) is 11.5 Å². The molecule has 9 heteroatoms. The van der Waals surface area contributed by atoms with Gasteiger partial charge in [0.2, 0.25) is 0 Å². The van der Waals surface area contributed by atoms with Crippen LogP contribution in [0, 0.1) is 0 Å². The molecule has 3 aromatic rings. The number of benzene rings is 1. The Morgan fingerprint density at radius 1 is 0.964 bits per heavy atom. The molecule has 2 aromatic heterocycles. The second kappa shape index (κ2) is 7.35. The third-order valence-corrected chi connectivity index (χ3v) is 4.10. The van der Waals surface area contributed by atoms with Crippen molar-refractivity contribution in [1.29, 1.82) is 0 Å². The van der Waals surface area contributed by atoms with E-state index in [0.29, 0.717) is 18.8 Å². The second-order valence-corrected chi connectivity index (χ2v) is 6.32. The van der Waals surface area contributed by atoms with Gasteiger partial charge in [0.15, 0.2) is 29.6 Å². The first-order valence-electron chi connectivity index (χ1n) is 8.55. The maximum Gasteiger partial charge on any atom is 0.586 e. The number of fused-ring (bicyclic) bond motifs is 1.